The van der Waals surface area contributed by atoms with Gasteiger partial charge in [0.15, 0.2) is 5.78 Å². The van der Waals surface area contributed by atoms with Crippen molar-refractivity contribution in [2.75, 3.05) is 13.7 Å². The summed E-state index contributed by atoms with van der Waals surface area (Å²) in [6.07, 6.45) is 2.54. The Balaban J connectivity index is 1.74. The van der Waals surface area contributed by atoms with Crippen LogP contribution in [0, 0.1) is 5.92 Å². The molecule has 10 heteroatoms. The fraction of sp³-hybridized carbons (Fsp3) is 0.364. The van der Waals surface area contributed by atoms with Crippen LogP contribution in [-0.4, -0.2) is 41.9 Å². The first-order valence-corrected chi connectivity index (χ1v) is 9.94. The fourth-order valence-electron chi connectivity index (χ4n) is 3.47. The summed E-state index contributed by atoms with van der Waals surface area (Å²) in [4.78, 5) is 17.0. The number of aromatic nitrogens is 2. The molecule has 0 spiro atoms. The molecule has 170 valence electrons. The molecule has 0 atom stereocenters. The molecule has 0 N–H and O–H groups in total. The van der Waals surface area contributed by atoms with Crippen molar-refractivity contribution < 1.29 is 36.6 Å². The number of carbonyl (C=O) groups excluding carboxylic acids is 1. The third-order valence-corrected chi connectivity index (χ3v) is 5.11. The van der Waals surface area contributed by atoms with Gasteiger partial charge in [-0.15, -0.1) is 0 Å². The van der Waals surface area contributed by atoms with Crippen molar-refractivity contribution in [1.82, 2.24) is 9.38 Å². The highest BCUT2D eigenvalue weighted by molar-refractivity contribution is 6.02. The highest BCUT2D eigenvalue weighted by Gasteiger charge is 2.29. The maximum Gasteiger partial charge on any atom is 0.387 e. The van der Waals surface area contributed by atoms with E-state index in [1.54, 1.807) is 16.7 Å². The van der Waals surface area contributed by atoms with Gasteiger partial charge in [0, 0.05) is 24.2 Å². The zero-order valence-electron chi connectivity index (χ0n) is 17.1. The van der Waals surface area contributed by atoms with E-state index in [9.17, 15) is 22.4 Å². The molecule has 4 rings (SSSR count). The number of methoxy groups -OCH3 is 1. The lowest BCUT2D eigenvalue weighted by Gasteiger charge is -2.16. The number of fused-ring (bicyclic) bond motifs is 1. The van der Waals surface area contributed by atoms with Gasteiger partial charge >= 0.3 is 6.61 Å². The first-order chi connectivity index (χ1) is 15.4. The Morgan fingerprint density at radius 1 is 1.19 bits per heavy atom. The number of ether oxygens (including phenoxy) is 3. The molecule has 2 aromatic heterocycles. The summed E-state index contributed by atoms with van der Waals surface area (Å²) in [6, 6.07) is 5.87. The summed E-state index contributed by atoms with van der Waals surface area (Å²) in [5.74, 6) is 0.00908. The lowest BCUT2D eigenvalue weighted by Crippen LogP contribution is -2.11. The summed E-state index contributed by atoms with van der Waals surface area (Å²) < 4.78 is 67.6. The Kier molecular flexibility index (Phi) is 6.20. The van der Waals surface area contributed by atoms with Crippen LogP contribution in [0.3, 0.4) is 0 Å². The van der Waals surface area contributed by atoms with E-state index in [1.807, 2.05) is 0 Å². The van der Waals surface area contributed by atoms with E-state index in [0.717, 1.165) is 12.8 Å². The number of carbonyl (C=O) groups is 1. The van der Waals surface area contributed by atoms with Crippen LogP contribution in [0.4, 0.5) is 17.6 Å². The summed E-state index contributed by atoms with van der Waals surface area (Å²) in [5, 5.41) is 0. The summed E-state index contributed by atoms with van der Waals surface area (Å²) in [7, 11) is 1.35. The minimum atomic E-state index is -3.13. The van der Waals surface area contributed by atoms with E-state index in [-0.39, 0.29) is 40.9 Å². The molecule has 0 saturated heterocycles. The molecular formula is C22H20F4N2O4. The minimum Gasteiger partial charge on any atom is -0.496 e. The number of pyridine rings is 1. The lowest BCUT2D eigenvalue weighted by molar-refractivity contribution is -0.0502. The molecule has 0 unspecified atom stereocenters. The van der Waals surface area contributed by atoms with Crippen LogP contribution in [0.15, 0.2) is 36.7 Å². The molecule has 1 aromatic carbocycles. The molecule has 1 aliphatic rings. The highest BCUT2D eigenvalue weighted by atomic mass is 19.3. The Hall–Kier alpha value is -3.30. The van der Waals surface area contributed by atoms with Gasteiger partial charge < -0.3 is 14.2 Å². The van der Waals surface area contributed by atoms with Gasteiger partial charge in [0.25, 0.3) is 6.43 Å². The van der Waals surface area contributed by atoms with Crippen LogP contribution in [0.25, 0.3) is 16.9 Å². The van der Waals surface area contributed by atoms with Gasteiger partial charge in [-0.3, -0.25) is 9.20 Å². The Labute approximate surface area is 180 Å². The molecule has 1 saturated carbocycles. The van der Waals surface area contributed by atoms with Crippen molar-refractivity contribution in [2.45, 2.75) is 32.3 Å². The van der Waals surface area contributed by atoms with Gasteiger partial charge in [-0.25, -0.2) is 13.8 Å². The Bertz CT molecular complexity index is 1130. The molecule has 1 fully saturated rings. The fourth-order valence-corrected chi connectivity index (χ4v) is 3.47. The molecule has 0 amide bonds. The second-order valence-electron chi connectivity index (χ2n) is 7.44. The minimum absolute atomic E-state index is 0.0139. The zero-order valence-corrected chi connectivity index (χ0v) is 17.1. The number of imidazole rings is 1. The normalized spacial score (nSPS) is 13.7. The number of nitrogens with zero attached hydrogens (tertiary/aromatic N) is 2. The predicted octanol–water partition coefficient (Wildman–Crippen LogP) is 5.24. The van der Waals surface area contributed by atoms with Crippen molar-refractivity contribution in [1.29, 1.82) is 0 Å². The molecular weight excluding hydrogens is 432 g/mol. The molecule has 0 aliphatic heterocycles. The third-order valence-electron chi connectivity index (χ3n) is 5.11. The number of halogens is 4. The highest BCUT2D eigenvalue weighted by Crippen LogP contribution is 2.40. The summed E-state index contributed by atoms with van der Waals surface area (Å²) in [6.45, 7) is -3.87. The average Bonchev–Trinajstić information content (AvgIpc) is 3.46. The molecule has 6 nitrogen and oxygen atoms in total. The van der Waals surface area contributed by atoms with Crippen LogP contribution >= 0.6 is 0 Å². The lowest BCUT2D eigenvalue weighted by atomic mass is 10.00. The van der Waals surface area contributed by atoms with Crippen LogP contribution in [0.1, 0.15) is 29.6 Å². The second-order valence-corrected chi connectivity index (χ2v) is 7.44. The third kappa shape index (κ3) is 4.79. The molecule has 0 bridgehead atoms. The molecule has 2 heterocycles. The number of rotatable bonds is 10. The van der Waals surface area contributed by atoms with Gasteiger partial charge in [-0.2, -0.15) is 8.78 Å². The van der Waals surface area contributed by atoms with Gasteiger partial charge in [0.1, 0.15) is 35.1 Å². The Morgan fingerprint density at radius 2 is 1.94 bits per heavy atom. The van der Waals surface area contributed by atoms with Crippen molar-refractivity contribution in [2.24, 2.45) is 5.92 Å². The number of benzene rings is 1. The molecule has 0 radical (unpaired) electrons. The first kappa shape index (κ1) is 21.9. The van der Waals surface area contributed by atoms with Gasteiger partial charge in [0.05, 0.1) is 19.0 Å². The number of hydrogen-bond acceptors (Lipinski definition) is 5. The van der Waals surface area contributed by atoms with Crippen molar-refractivity contribution in [3.8, 4) is 28.5 Å². The van der Waals surface area contributed by atoms with E-state index in [4.69, 9.17) is 9.47 Å². The number of alkyl halides is 4. The summed E-state index contributed by atoms with van der Waals surface area (Å²) in [5.41, 5.74) is 1.31. The number of ketones is 1. The number of hydrogen-bond donors (Lipinski definition) is 0. The SMILES string of the molecule is COc1cc(-c2cnc3cc(OCC(F)F)ccn23)cc(OC(F)F)c1C(=O)CC1CC1. The van der Waals surface area contributed by atoms with Gasteiger partial charge in [-0.1, -0.05) is 0 Å². The smallest absolute Gasteiger partial charge is 0.387 e. The maximum absolute atomic E-state index is 13.1. The van der Waals surface area contributed by atoms with Crippen LogP contribution in [0.5, 0.6) is 17.2 Å². The van der Waals surface area contributed by atoms with Crippen LogP contribution in [0.2, 0.25) is 0 Å². The molecule has 1 aliphatic carbocycles. The average molecular weight is 452 g/mol. The number of Topliss-reactive ketones (excluding diaryl/α,β-unsaturated/α-hetero) is 1. The van der Waals surface area contributed by atoms with E-state index in [2.05, 4.69) is 9.72 Å². The van der Waals surface area contributed by atoms with Crippen LogP contribution < -0.4 is 14.2 Å². The largest absolute Gasteiger partial charge is 0.496 e. The summed E-state index contributed by atoms with van der Waals surface area (Å²) >= 11 is 0. The van der Waals surface area contributed by atoms with Gasteiger partial charge in [0.2, 0.25) is 0 Å². The van der Waals surface area contributed by atoms with Crippen molar-refractivity contribution >= 4 is 11.4 Å². The molecule has 32 heavy (non-hydrogen) atoms. The predicted molar refractivity (Wildman–Crippen MR) is 107 cm³/mol. The quantitative estimate of drug-likeness (QED) is 0.311. The van der Waals surface area contributed by atoms with E-state index < -0.39 is 19.6 Å². The zero-order chi connectivity index (χ0) is 22.8. The Morgan fingerprint density at radius 3 is 2.59 bits per heavy atom. The van der Waals surface area contributed by atoms with Gasteiger partial charge in [-0.05, 0) is 37.0 Å². The van der Waals surface area contributed by atoms with Crippen LogP contribution in [-0.2, 0) is 0 Å². The monoisotopic (exact) mass is 452 g/mol. The van der Waals surface area contributed by atoms with Crippen molar-refractivity contribution in [3.05, 3.63) is 42.2 Å². The standard InChI is InChI=1S/C22H20F4N2O4/c1-30-17-7-13(8-18(32-22(25)26)21(17)16(29)6-12-2-3-12)15-10-27-20-9-14(4-5-28(15)20)31-11-19(23)24/h4-5,7-10,12,19,22H,2-3,6,11H2,1H3. The second kappa shape index (κ2) is 9.05. The molecule has 3 aromatic rings. The maximum atomic E-state index is 13.1. The van der Waals surface area contributed by atoms with Crippen molar-refractivity contribution in [3.63, 3.8) is 0 Å². The van der Waals surface area contributed by atoms with E-state index >= 15 is 0 Å². The van der Waals surface area contributed by atoms with E-state index in [0.29, 0.717) is 16.9 Å². The van der Waals surface area contributed by atoms with E-state index in [1.165, 1.54) is 31.5 Å². The topological polar surface area (TPSA) is 62.1 Å². The first-order valence-electron chi connectivity index (χ1n) is 9.94.